The quantitative estimate of drug-likeness (QED) is 0.532. The molecule has 154 valence electrons. The summed E-state index contributed by atoms with van der Waals surface area (Å²) in [7, 11) is 1.41. The van der Waals surface area contributed by atoms with Gasteiger partial charge >= 0.3 is 0 Å². The number of hydrogen-bond donors (Lipinski definition) is 3. The van der Waals surface area contributed by atoms with Gasteiger partial charge in [-0.1, -0.05) is 11.6 Å². The lowest BCUT2D eigenvalue weighted by Gasteiger charge is -2.13. The third-order valence-electron chi connectivity index (χ3n) is 4.28. The molecule has 29 heavy (non-hydrogen) atoms. The molecule has 0 bridgehead atoms. The van der Waals surface area contributed by atoms with Gasteiger partial charge in [-0.25, -0.2) is 13.2 Å². The van der Waals surface area contributed by atoms with Crippen molar-refractivity contribution in [3.8, 4) is 0 Å². The Morgan fingerprint density at radius 1 is 1.10 bits per heavy atom. The summed E-state index contributed by atoms with van der Waals surface area (Å²) in [6, 6.07) is 4.06. The molecule has 1 fully saturated rings. The fourth-order valence-corrected chi connectivity index (χ4v) is 3.30. The predicted octanol–water partition coefficient (Wildman–Crippen LogP) is 5.18. The molecule has 0 heterocycles. The van der Waals surface area contributed by atoms with Crippen LogP contribution in [0.15, 0.2) is 24.3 Å². The van der Waals surface area contributed by atoms with Gasteiger partial charge < -0.3 is 16.0 Å². The first kappa shape index (κ1) is 21.5. The number of alkyl halides is 2. The van der Waals surface area contributed by atoms with Crippen LogP contribution in [0.4, 0.5) is 30.2 Å². The second kappa shape index (κ2) is 7.93. The SMILES string of the molecule is CNc1ccc(F)c(NC(=O)c2cc(NC(=O)[C@H]3CC3(Cl)Cl)cc(F)c2Cl)c1F. The van der Waals surface area contributed by atoms with Crippen LogP contribution in [0.5, 0.6) is 0 Å². The van der Waals surface area contributed by atoms with Crippen molar-refractivity contribution < 1.29 is 22.8 Å². The molecule has 2 aromatic rings. The Hall–Kier alpha value is -2.16. The molecule has 11 heteroatoms. The van der Waals surface area contributed by atoms with E-state index in [1.807, 2.05) is 5.32 Å². The van der Waals surface area contributed by atoms with Gasteiger partial charge in [0.05, 0.1) is 22.2 Å². The van der Waals surface area contributed by atoms with E-state index in [1.165, 1.54) is 7.05 Å². The summed E-state index contributed by atoms with van der Waals surface area (Å²) in [6.45, 7) is 0. The summed E-state index contributed by atoms with van der Waals surface area (Å²) >= 11 is 17.5. The second-order valence-electron chi connectivity index (χ2n) is 6.31. The number of anilines is 3. The van der Waals surface area contributed by atoms with E-state index in [0.717, 1.165) is 24.3 Å². The summed E-state index contributed by atoms with van der Waals surface area (Å²) in [5.74, 6) is -5.43. The van der Waals surface area contributed by atoms with Gasteiger partial charge in [0, 0.05) is 12.7 Å². The van der Waals surface area contributed by atoms with Gasteiger partial charge in [0.15, 0.2) is 5.82 Å². The average Bonchev–Trinajstić information content (AvgIpc) is 3.30. The number of carbonyl (C=O) groups excluding carboxylic acids is 2. The first-order chi connectivity index (χ1) is 13.5. The number of carbonyl (C=O) groups is 2. The van der Waals surface area contributed by atoms with Crippen molar-refractivity contribution in [3.63, 3.8) is 0 Å². The van der Waals surface area contributed by atoms with E-state index in [-0.39, 0.29) is 17.8 Å². The maximum Gasteiger partial charge on any atom is 0.257 e. The molecule has 0 saturated heterocycles. The van der Waals surface area contributed by atoms with Crippen molar-refractivity contribution in [1.29, 1.82) is 0 Å². The van der Waals surface area contributed by atoms with E-state index in [9.17, 15) is 22.8 Å². The van der Waals surface area contributed by atoms with Crippen LogP contribution in [-0.4, -0.2) is 23.2 Å². The Kier molecular flexibility index (Phi) is 5.89. The van der Waals surface area contributed by atoms with Gasteiger partial charge in [-0.3, -0.25) is 9.59 Å². The van der Waals surface area contributed by atoms with Gasteiger partial charge in [0.1, 0.15) is 21.7 Å². The molecule has 1 atom stereocenters. The zero-order valence-corrected chi connectivity index (χ0v) is 16.9. The van der Waals surface area contributed by atoms with Gasteiger partial charge in [-0.2, -0.15) is 0 Å². The number of hydrogen-bond acceptors (Lipinski definition) is 3. The van der Waals surface area contributed by atoms with E-state index in [0.29, 0.717) is 0 Å². The van der Waals surface area contributed by atoms with Crippen LogP contribution in [0.25, 0.3) is 0 Å². The smallest absolute Gasteiger partial charge is 0.257 e. The van der Waals surface area contributed by atoms with Crippen molar-refractivity contribution in [2.75, 3.05) is 23.0 Å². The molecule has 0 spiro atoms. The molecule has 0 aliphatic heterocycles. The van der Waals surface area contributed by atoms with Gasteiger partial charge in [0.2, 0.25) is 5.91 Å². The topological polar surface area (TPSA) is 70.2 Å². The summed E-state index contributed by atoms with van der Waals surface area (Å²) in [6.07, 6.45) is 0.228. The molecule has 0 radical (unpaired) electrons. The highest BCUT2D eigenvalue weighted by atomic mass is 35.5. The van der Waals surface area contributed by atoms with Crippen molar-refractivity contribution in [3.05, 3.63) is 52.3 Å². The number of nitrogens with one attached hydrogen (secondary N) is 3. The number of rotatable bonds is 5. The molecule has 1 saturated carbocycles. The lowest BCUT2D eigenvalue weighted by molar-refractivity contribution is -0.117. The molecule has 0 unspecified atom stereocenters. The van der Waals surface area contributed by atoms with Crippen LogP contribution in [-0.2, 0) is 4.79 Å². The fourth-order valence-electron chi connectivity index (χ4n) is 2.59. The number of benzene rings is 2. The van der Waals surface area contributed by atoms with Crippen LogP contribution >= 0.6 is 34.8 Å². The minimum atomic E-state index is -1.19. The van der Waals surface area contributed by atoms with Crippen molar-refractivity contribution in [1.82, 2.24) is 0 Å². The molecule has 1 aliphatic rings. The van der Waals surface area contributed by atoms with Gasteiger partial charge in [0.25, 0.3) is 5.91 Å². The van der Waals surface area contributed by atoms with Crippen LogP contribution in [0.1, 0.15) is 16.8 Å². The minimum absolute atomic E-state index is 0.0601. The molecular weight excluding hydrogens is 454 g/mol. The zero-order chi connectivity index (χ0) is 21.5. The van der Waals surface area contributed by atoms with Crippen molar-refractivity contribution >= 4 is 63.7 Å². The molecule has 5 nitrogen and oxygen atoms in total. The molecule has 2 amide bonds. The molecule has 2 aromatic carbocycles. The summed E-state index contributed by atoms with van der Waals surface area (Å²) in [5, 5.41) is 6.33. The van der Waals surface area contributed by atoms with E-state index in [4.69, 9.17) is 34.8 Å². The summed E-state index contributed by atoms with van der Waals surface area (Å²) < 4.78 is 41.2. The van der Waals surface area contributed by atoms with Crippen LogP contribution < -0.4 is 16.0 Å². The molecule has 3 N–H and O–H groups in total. The summed E-state index contributed by atoms with van der Waals surface area (Å²) in [4.78, 5) is 24.6. The van der Waals surface area contributed by atoms with E-state index >= 15 is 0 Å². The third-order valence-corrected chi connectivity index (χ3v) is 5.50. The van der Waals surface area contributed by atoms with Crippen LogP contribution in [0, 0.1) is 23.4 Å². The Morgan fingerprint density at radius 3 is 2.34 bits per heavy atom. The number of halogens is 6. The Balaban J connectivity index is 1.88. The van der Waals surface area contributed by atoms with Crippen molar-refractivity contribution in [2.24, 2.45) is 5.92 Å². The van der Waals surface area contributed by atoms with Gasteiger partial charge in [-0.05, 0) is 30.7 Å². The molecule has 0 aromatic heterocycles. The van der Waals surface area contributed by atoms with Gasteiger partial charge in [-0.15, -0.1) is 23.2 Å². The third kappa shape index (κ3) is 4.39. The molecule has 1 aliphatic carbocycles. The predicted molar refractivity (Wildman–Crippen MR) is 106 cm³/mol. The van der Waals surface area contributed by atoms with Crippen LogP contribution in [0.2, 0.25) is 5.02 Å². The first-order valence-electron chi connectivity index (χ1n) is 8.20. The van der Waals surface area contributed by atoms with Crippen LogP contribution in [0.3, 0.4) is 0 Å². The fraction of sp³-hybridized carbons (Fsp3) is 0.222. The monoisotopic (exact) mass is 465 g/mol. The van der Waals surface area contributed by atoms with E-state index in [2.05, 4.69) is 10.6 Å². The maximum atomic E-state index is 14.3. The Bertz CT molecular complexity index is 1020. The first-order valence-corrected chi connectivity index (χ1v) is 9.33. The average molecular weight is 467 g/mol. The molecule has 3 rings (SSSR count). The molecular formula is C18H13Cl3F3N3O2. The maximum absolute atomic E-state index is 14.3. The van der Waals surface area contributed by atoms with E-state index in [1.54, 1.807) is 0 Å². The van der Waals surface area contributed by atoms with E-state index < -0.39 is 55.8 Å². The largest absolute Gasteiger partial charge is 0.386 e. The lowest BCUT2D eigenvalue weighted by atomic mass is 10.1. The van der Waals surface area contributed by atoms with Crippen molar-refractivity contribution in [2.45, 2.75) is 10.8 Å². The Labute approximate surface area is 178 Å². The normalized spacial score (nSPS) is 16.9. The highest BCUT2D eigenvalue weighted by Crippen LogP contribution is 2.53. The Morgan fingerprint density at radius 2 is 1.76 bits per heavy atom. The zero-order valence-electron chi connectivity index (χ0n) is 14.7. The second-order valence-corrected chi connectivity index (χ2v) is 8.24. The highest BCUT2D eigenvalue weighted by Gasteiger charge is 2.56. The number of amides is 2. The summed E-state index contributed by atoms with van der Waals surface area (Å²) in [5.41, 5.74) is -1.33. The lowest BCUT2D eigenvalue weighted by Crippen LogP contribution is -2.19. The standard InChI is InChI=1S/C18H13Cl3F3N3O2/c1-25-12-3-2-10(22)15(14(12)24)27-16(28)8-4-7(5-11(23)13(8)19)26-17(29)9-6-18(9,20)21/h2-5,9,25H,6H2,1H3,(H,26,29)(H,27,28)/t9-/m1/s1. The highest BCUT2D eigenvalue weighted by molar-refractivity contribution is 6.52. The minimum Gasteiger partial charge on any atom is -0.386 e.